The van der Waals surface area contributed by atoms with Gasteiger partial charge in [0.1, 0.15) is 5.82 Å². The first-order valence-electron chi connectivity index (χ1n) is 7.34. The van der Waals surface area contributed by atoms with E-state index in [0.717, 1.165) is 31.6 Å². The highest BCUT2D eigenvalue weighted by atomic mass is 15.2. The fourth-order valence-electron chi connectivity index (χ4n) is 2.19. The van der Waals surface area contributed by atoms with Gasteiger partial charge in [-0.3, -0.25) is 11.3 Å². The lowest BCUT2D eigenvalue weighted by Gasteiger charge is -2.30. The van der Waals surface area contributed by atoms with Crippen LogP contribution in [0, 0.1) is 11.3 Å². The lowest BCUT2D eigenvalue weighted by Crippen LogP contribution is -2.40. The molecule has 0 aliphatic heterocycles. The van der Waals surface area contributed by atoms with Gasteiger partial charge in [0, 0.05) is 31.4 Å². The van der Waals surface area contributed by atoms with Gasteiger partial charge in [-0.25, -0.2) is 4.98 Å². The van der Waals surface area contributed by atoms with Crippen LogP contribution in [0.4, 0.5) is 0 Å². The predicted molar refractivity (Wildman–Crippen MR) is 80.6 cm³/mol. The molecule has 1 aromatic rings. The van der Waals surface area contributed by atoms with Gasteiger partial charge in [0.05, 0.1) is 0 Å². The van der Waals surface area contributed by atoms with Gasteiger partial charge < -0.3 is 4.57 Å². The highest BCUT2D eigenvalue weighted by Gasteiger charge is 2.24. The second-order valence-electron chi connectivity index (χ2n) is 6.61. The van der Waals surface area contributed by atoms with Crippen molar-refractivity contribution in [2.45, 2.75) is 66.5 Å². The predicted octanol–water partition coefficient (Wildman–Crippen LogP) is 2.74. The first-order valence-corrected chi connectivity index (χ1v) is 7.34. The number of imidazole rings is 1. The van der Waals surface area contributed by atoms with Gasteiger partial charge in [0.2, 0.25) is 0 Å². The molecule has 0 radical (unpaired) electrons. The number of aryl methyl sites for hydroxylation is 1. The molecule has 0 saturated carbocycles. The fraction of sp³-hybridized carbons (Fsp3) is 0.800. The standard InChI is InChI=1S/C15H30N4/c1-6-8-19-9-7-17-14(19)11-13(18-16)10-12(2)15(3,4)5/h7,9,12-13,18H,6,8,10-11,16H2,1-5H3. The summed E-state index contributed by atoms with van der Waals surface area (Å²) < 4.78 is 2.23. The van der Waals surface area contributed by atoms with E-state index in [4.69, 9.17) is 5.84 Å². The molecular formula is C15H30N4. The van der Waals surface area contributed by atoms with Crippen LogP contribution in [0.2, 0.25) is 0 Å². The average Bonchev–Trinajstić information content (AvgIpc) is 2.75. The molecule has 1 rings (SSSR count). The zero-order valence-corrected chi connectivity index (χ0v) is 13.1. The molecule has 2 unspecified atom stereocenters. The number of hydrogen-bond acceptors (Lipinski definition) is 3. The van der Waals surface area contributed by atoms with Crippen molar-refractivity contribution < 1.29 is 0 Å². The normalized spacial score (nSPS) is 15.5. The summed E-state index contributed by atoms with van der Waals surface area (Å²) in [5, 5.41) is 0. The van der Waals surface area contributed by atoms with Crippen LogP contribution < -0.4 is 11.3 Å². The lowest BCUT2D eigenvalue weighted by atomic mass is 9.78. The molecule has 0 amide bonds. The monoisotopic (exact) mass is 266 g/mol. The molecular weight excluding hydrogens is 236 g/mol. The van der Waals surface area contributed by atoms with E-state index >= 15 is 0 Å². The number of nitrogens with zero attached hydrogens (tertiary/aromatic N) is 2. The van der Waals surface area contributed by atoms with E-state index in [1.54, 1.807) is 0 Å². The first kappa shape index (κ1) is 16.2. The smallest absolute Gasteiger partial charge is 0.110 e. The summed E-state index contributed by atoms with van der Waals surface area (Å²) >= 11 is 0. The zero-order chi connectivity index (χ0) is 14.5. The van der Waals surface area contributed by atoms with Crippen molar-refractivity contribution in [3.8, 4) is 0 Å². The maximum Gasteiger partial charge on any atom is 0.110 e. The van der Waals surface area contributed by atoms with Crippen LogP contribution in [0.15, 0.2) is 12.4 Å². The molecule has 0 aliphatic rings. The van der Waals surface area contributed by atoms with E-state index in [-0.39, 0.29) is 6.04 Å². The molecule has 0 aromatic carbocycles. The molecule has 0 aliphatic carbocycles. The minimum absolute atomic E-state index is 0.284. The lowest BCUT2D eigenvalue weighted by molar-refractivity contribution is 0.221. The van der Waals surface area contributed by atoms with Gasteiger partial charge in [-0.05, 0) is 24.2 Å². The summed E-state index contributed by atoms with van der Waals surface area (Å²) in [6.45, 7) is 12.4. The zero-order valence-electron chi connectivity index (χ0n) is 13.1. The van der Waals surface area contributed by atoms with Gasteiger partial charge >= 0.3 is 0 Å². The van der Waals surface area contributed by atoms with E-state index in [1.165, 1.54) is 0 Å². The molecule has 19 heavy (non-hydrogen) atoms. The van der Waals surface area contributed by atoms with Crippen LogP contribution in [-0.4, -0.2) is 15.6 Å². The molecule has 2 atom stereocenters. The second kappa shape index (κ2) is 7.06. The minimum atomic E-state index is 0.284. The Labute approximate surface area is 117 Å². The Kier molecular flexibility index (Phi) is 6.01. The maximum atomic E-state index is 5.72. The van der Waals surface area contributed by atoms with Crippen LogP contribution in [0.25, 0.3) is 0 Å². The van der Waals surface area contributed by atoms with Crippen molar-refractivity contribution >= 4 is 0 Å². The number of hydrogen-bond donors (Lipinski definition) is 2. The molecule has 4 nitrogen and oxygen atoms in total. The van der Waals surface area contributed by atoms with Gasteiger partial charge in [-0.15, -0.1) is 0 Å². The fourth-order valence-corrected chi connectivity index (χ4v) is 2.19. The summed E-state index contributed by atoms with van der Waals surface area (Å²) in [5.74, 6) is 7.46. The maximum absolute atomic E-state index is 5.72. The van der Waals surface area contributed by atoms with Gasteiger partial charge in [-0.2, -0.15) is 0 Å². The Morgan fingerprint density at radius 2 is 2.11 bits per heavy atom. The van der Waals surface area contributed by atoms with E-state index in [1.807, 2.05) is 6.20 Å². The Morgan fingerprint density at radius 1 is 1.42 bits per heavy atom. The van der Waals surface area contributed by atoms with Crippen LogP contribution in [0.3, 0.4) is 0 Å². The van der Waals surface area contributed by atoms with Crippen LogP contribution in [-0.2, 0) is 13.0 Å². The van der Waals surface area contributed by atoms with E-state index in [2.05, 4.69) is 55.8 Å². The molecule has 4 heteroatoms. The number of hydrazine groups is 1. The number of nitrogens with two attached hydrogens (primary N) is 1. The highest BCUT2D eigenvalue weighted by Crippen LogP contribution is 2.29. The highest BCUT2D eigenvalue weighted by molar-refractivity contribution is 4.96. The van der Waals surface area contributed by atoms with Crippen molar-refractivity contribution in [2.75, 3.05) is 0 Å². The molecule has 0 spiro atoms. The number of aromatic nitrogens is 2. The van der Waals surface area contributed by atoms with Crippen molar-refractivity contribution in [1.29, 1.82) is 0 Å². The van der Waals surface area contributed by atoms with Gasteiger partial charge in [0.15, 0.2) is 0 Å². The van der Waals surface area contributed by atoms with E-state index in [0.29, 0.717) is 11.3 Å². The number of rotatable bonds is 7. The molecule has 3 N–H and O–H groups in total. The van der Waals surface area contributed by atoms with Crippen molar-refractivity contribution in [3.63, 3.8) is 0 Å². The summed E-state index contributed by atoms with van der Waals surface area (Å²) in [7, 11) is 0. The molecule has 1 aromatic heterocycles. The number of nitrogens with one attached hydrogen (secondary N) is 1. The molecule has 0 bridgehead atoms. The summed E-state index contributed by atoms with van der Waals surface area (Å²) in [6, 6.07) is 0.284. The van der Waals surface area contributed by atoms with Crippen molar-refractivity contribution in [2.24, 2.45) is 17.2 Å². The van der Waals surface area contributed by atoms with Crippen molar-refractivity contribution in [3.05, 3.63) is 18.2 Å². The minimum Gasteiger partial charge on any atom is -0.335 e. The average molecular weight is 266 g/mol. The van der Waals surface area contributed by atoms with Gasteiger partial charge in [0.25, 0.3) is 0 Å². The summed E-state index contributed by atoms with van der Waals surface area (Å²) in [5.41, 5.74) is 3.27. The third kappa shape index (κ3) is 4.96. The largest absolute Gasteiger partial charge is 0.335 e. The van der Waals surface area contributed by atoms with E-state index < -0.39 is 0 Å². The Morgan fingerprint density at radius 3 is 2.63 bits per heavy atom. The van der Waals surface area contributed by atoms with Gasteiger partial charge in [-0.1, -0.05) is 34.6 Å². The summed E-state index contributed by atoms with van der Waals surface area (Å²) in [6.07, 6.45) is 7.02. The second-order valence-corrected chi connectivity index (χ2v) is 6.61. The third-order valence-electron chi connectivity index (χ3n) is 4.05. The first-order chi connectivity index (χ1) is 8.88. The van der Waals surface area contributed by atoms with Crippen molar-refractivity contribution in [1.82, 2.24) is 15.0 Å². The topological polar surface area (TPSA) is 55.9 Å². The molecule has 0 fully saturated rings. The Bertz CT molecular complexity index is 364. The van der Waals surface area contributed by atoms with E-state index in [9.17, 15) is 0 Å². The van der Waals surface area contributed by atoms with Crippen LogP contribution >= 0.6 is 0 Å². The molecule has 110 valence electrons. The van der Waals surface area contributed by atoms with Crippen LogP contribution in [0.5, 0.6) is 0 Å². The molecule has 1 heterocycles. The molecule has 0 saturated heterocycles. The SMILES string of the molecule is CCCn1ccnc1CC(CC(C)C(C)(C)C)NN. The quantitative estimate of drug-likeness (QED) is 0.589. The third-order valence-corrected chi connectivity index (χ3v) is 4.05. The van der Waals surface area contributed by atoms with Crippen LogP contribution in [0.1, 0.15) is 53.3 Å². The Balaban J connectivity index is 2.64. The Hall–Kier alpha value is -0.870. The summed E-state index contributed by atoms with van der Waals surface area (Å²) in [4.78, 5) is 4.46.